The van der Waals surface area contributed by atoms with Crippen molar-refractivity contribution < 1.29 is 14.3 Å². The van der Waals surface area contributed by atoms with Gasteiger partial charge in [0.15, 0.2) is 0 Å². The Kier molecular flexibility index (Phi) is 6.00. The number of hydrogen-bond acceptors (Lipinski definition) is 4. The highest BCUT2D eigenvalue weighted by atomic mass is 16.5. The van der Waals surface area contributed by atoms with Crippen LogP contribution in [-0.4, -0.2) is 44.5 Å². The first-order chi connectivity index (χ1) is 11.9. The third kappa shape index (κ3) is 4.97. The van der Waals surface area contributed by atoms with Crippen molar-refractivity contribution in [1.82, 2.24) is 4.90 Å². The molecule has 2 aromatic rings. The quantitative estimate of drug-likeness (QED) is 0.847. The van der Waals surface area contributed by atoms with E-state index in [0.29, 0.717) is 11.3 Å². The van der Waals surface area contributed by atoms with E-state index < -0.39 is 0 Å². The van der Waals surface area contributed by atoms with Crippen LogP contribution < -0.4 is 15.4 Å². The van der Waals surface area contributed by atoms with Gasteiger partial charge in [0.1, 0.15) is 5.75 Å². The summed E-state index contributed by atoms with van der Waals surface area (Å²) in [6.07, 6.45) is 0. The molecule has 0 aliphatic heterocycles. The summed E-state index contributed by atoms with van der Waals surface area (Å²) in [5.41, 5.74) is 2.98. The normalized spacial score (nSPS) is 10.1. The molecule has 0 saturated heterocycles. The standard InChI is InChI=1S/C19H23N3O3/c1-13-10-16(25-4)8-9-17(13)20-12-18(23)21-15-7-5-6-14(11-15)19(24)22(2)3/h5-11,20H,12H2,1-4H3,(H,21,23). The molecule has 0 bridgehead atoms. The van der Waals surface area contributed by atoms with Gasteiger partial charge >= 0.3 is 0 Å². The van der Waals surface area contributed by atoms with Crippen LogP contribution in [0, 0.1) is 6.92 Å². The Morgan fingerprint density at radius 3 is 2.52 bits per heavy atom. The number of aryl methyl sites for hydroxylation is 1. The molecule has 0 aromatic heterocycles. The van der Waals surface area contributed by atoms with E-state index in [-0.39, 0.29) is 18.4 Å². The second-order valence-corrected chi connectivity index (χ2v) is 5.86. The monoisotopic (exact) mass is 341 g/mol. The first kappa shape index (κ1) is 18.3. The van der Waals surface area contributed by atoms with Crippen LogP contribution in [0.25, 0.3) is 0 Å². The van der Waals surface area contributed by atoms with E-state index in [1.807, 2.05) is 25.1 Å². The zero-order chi connectivity index (χ0) is 18.4. The average Bonchev–Trinajstić information content (AvgIpc) is 2.60. The second kappa shape index (κ2) is 8.19. The van der Waals surface area contributed by atoms with Gasteiger partial charge in [-0.25, -0.2) is 0 Å². The first-order valence-corrected chi connectivity index (χ1v) is 7.91. The van der Waals surface area contributed by atoms with Crippen molar-refractivity contribution >= 4 is 23.2 Å². The molecule has 132 valence electrons. The lowest BCUT2D eigenvalue weighted by Gasteiger charge is -2.13. The number of carbonyl (C=O) groups is 2. The maximum Gasteiger partial charge on any atom is 0.253 e. The molecule has 6 nitrogen and oxygen atoms in total. The molecular formula is C19H23N3O3. The van der Waals surface area contributed by atoms with Crippen molar-refractivity contribution in [2.45, 2.75) is 6.92 Å². The molecule has 0 aliphatic rings. The van der Waals surface area contributed by atoms with Crippen molar-refractivity contribution in [3.05, 3.63) is 53.6 Å². The fraction of sp³-hybridized carbons (Fsp3) is 0.263. The SMILES string of the molecule is COc1ccc(NCC(=O)Nc2cccc(C(=O)N(C)C)c2)c(C)c1. The summed E-state index contributed by atoms with van der Waals surface area (Å²) in [4.78, 5) is 25.6. The van der Waals surface area contributed by atoms with Gasteiger partial charge in [-0.15, -0.1) is 0 Å². The lowest BCUT2D eigenvalue weighted by atomic mass is 10.1. The van der Waals surface area contributed by atoms with Crippen LogP contribution in [0.2, 0.25) is 0 Å². The highest BCUT2D eigenvalue weighted by Gasteiger charge is 2.10. The minimum absolute atomic E-state index is 0.108. The Labute approximate surface area is 147 Å². The van der Waals surface area contributed by atoms with Crippen LogP contribution in [0.4, 0.5) is 11.4 Å². The molecule has 0 fully saturated rings. The minimum atomic E-state index is -0.190. The maximum absolute atomic E-state index is 12.1. The maximum atomic E-state index is 12.1. The van der Waals surface area contributed by atoms with Gasteiger partial charge in [0.2, 0.25) is 5.91 Å². The number of ether oxygens (including phenoxy) is 1. The highest BCUT2D eigenvalue weighted by Crippen LogP contribution is 2.20. The Morgan fingerprint density at radius 1 is 1.12 bits per heavy atom. The van der Waals surface area contributed by atoms with Crippen LogP contribution in [0.15, 0.2) is 42.5 Å². The molecule has 0 heterocycles. The van der Waals surface area contributed by atoms with Crippen molar-refractivity contribution in [3.8, 4) is 5.75 Å². The first-order valence-electron chi connectivity index (χ1n) is 7.91. The molecule has 2 N–H and O–H groups in total. The molecular weight excluding hydrogens is 318 g/mol. The number of nitrogens with zero attached hydrogens (tertiary/aromatic N) is 1. The summed E-state index contributed by atoms with van der Waals surface area (Å²) in [6, 6.07) is 12.5. The van der Waals surface area contributed by atoms with Crippen LogP contribution in [0.3, 0.4) is 0 Å². The number of carbonyl (C=O) groups excluding carboxylic acids is 2. The van der Waals surface area contributed by atoms with E-state index in [1.54, 1.807) is 45.5 Å². The second-order valence-electron chi connectivity index (χ2n) is 5.86. The van der Waals surface area contributed by atoms with Crippen LogP contribution in [0.5, 0.6) is 5.75 Å². The van der Waals surface area contributed by atoms with Crippen molar-refractivity contribution in [2.75, 3.05) is 38.4 Å². The minimum Gasteiger partial charge on any atom is -0.497 e. The van der Waals surface area contributed by atoms with Crippen molar-refractivity contribution in [2.24, 2.45) is 0 Å². The summed E-state index contributed by atoms with van der Waals surface area (Å²) in [5.74, 6) is 0.475. The average molecular weight is 341 g/mol. The summed E-state index contributed by atoms with van der Waals surface area (Å²) in [5, 5.41) is 5.89. The molecule has 6 heteroatoms. The molecule has 2 amide bonds. The van der Waals surface area contributed by atoms with Gasteiger partial charge < -0.3 is 20.3 Å². The number of nitrogens with one attached hydrogen (secondary N) is 2. The van der Waals surface area contributed by atoms with Gasteiger partial charge in [0.25, 0.3) is 5.91 Å². The Hall–Kier alpha value is -3.02. The fourth-order valence-corrected chi connectivity index (χ4v) is 2.33. The molecule has 2 aromatic carbocycles. The summed E-state index contributed by atoms with van der Waals surface area (Å²) in [6.45, 7) is 2.07. The third-order valence-electron chi connectivity index (χ3n) is 3.67. The topological polar surface area (TPSA) is 70.7 Å². The Balaban J connectivity index is 1.97. The highest BCUT2D eigenvalue weighted by molar-refractivity contribution is 5.98. The van der Waals surface area contributed by atoms with Gasteiger partial charge in [-0.3, -0.25) is 9.59 Å². The number of rotatable bonds is 6. The number of amides is 2. The Bertz CT molecular complexity index is 772. The van der Waals surface area contributed by atoms with Gasteiger partial charge in [-0.2, -0.15) is 0 Å². The molecule has 0 spiro atoms. The van der Waals surface area contributed by atoms with Crippen molar-refractivity contribution in [3.63, 3.8) is 0 Å². The molecule has 0 aliphatic carbocycles. The predicted molar refractivity (Wildman–Crippen MR) is 99.3 cm³/mol. The number of anilines is 2. The van der Waals surface area contributed by atoms with Gasteiger partial charge in [0, 0.05) is 31.0 Å². The molecule has 0 radical (unpaired) electrons. The summed E-state index contributed by atoms with van der Waals surface area (Å²) in [7, 11) is 4.99. The lowest BCUT2D eigenvalue weighted by molar-refractivity contribution is -0.114. The fourth-order valence-electron chi connectivity index (χ4n) is 2.33. The van der Waals surface area contributed by atoms with Crippen LogP contribution >= 0.6 is 0 Å². The molecule has 0 saturated carbocycles. The molecule has 0 atom stereocenters. The van der Waals surface area contributed by atoms with E-state index in [9.17, 15) is 9.59 Å². The van der Waals surface area contributed by atoms with Crippen molar-refractivity contribution in [1.29, 1.82) is 0 Å². The van der Waals surface area contributed by atoms with E-state index in [0.717, 1.165) is 17.0 Å². The zero-order valence-electron chi connectivity index (χ0n) is 14.9. The molecule has 2 rings (SSSR count). The number of hydrogen-bond donors (Lipinski definition) is 2. The third-order valence-corrected chi connectivity index (χ3v) is 3.67. The van der Waals surface area contributed by atoms with E-state index in [1.165, 1.54) is 4.90 Å². The smallest absolute Gasteiger partial charge is 0.253 e. The zero-order valence-corrected chi connectivity index (χ0v) is 14.9. The predicted octanol–water partition coefficient (Wildman–Crippen LogP) is 2.76. The Morgan fingerprint density at radius 2 is 1.88 bits per heavy atom. The lowest BCUT2D eigenvalue weighted by Crippen LogP contribution is -2.23. The van der Waals surface area contributed by atoms with E-state index in [2.05, 4.69) is 10.6 Å². The van der Waals surface area contributed by atoms with E-state index >= 15 is 0 Å². The van der Waals surface area contributed by atoms with Gasteiger partial charge in [0.05, 0.1) is 13.7 Å². The van der Waals surface area contributed by atoms with Gasteiger partial charge in [-0.05, 0) is 48.9 Å². The van der Waals surface area contributed by atoms with E-state index in [4.69, 9.17) is 4.74 Å². The number of benzene rings is 2. The molecule has 25 heavy (non-hydrogen) atoms. The van der Waals surface area contributed by atoms with Crippen LogP contribution in [-0.2, 0) is 4.79 Å². The summed E-state index contributed by atoms with van der Waals surface area (Å²) < 4.78 is 5.16. The van der Waals surface area contributed by atoms with Gasteiger partial charge in [-0.1, -0.05) is 6.07 Å². The van der Waals surface area contributed by atoms with Crippen LogP contribution in [0.1, 0.15) is 15.9 Å². The number of methoxy groups -OCH3 is 1. The molecule has 0 unspecified atom stereocenters. The summed E-state index contributed by atoms with van der Waals surface area (Å²) >= 11 is 0. The largest absolute Gasteiger partial charge is 0.497 e.